The fourth-order valence-corrected chi connectivity index (χ4v) is 2.52. The molecule has 2 aromatic rings. The number of nitrogens with one attached hydrogen (secondary N) is 1. The highest BCUT2D eigenvalue weighted by Crippen LogP contribution is 2.24. The lowest BCUT2D eigenvalue weighted by molar-refractivity contribution is 0.489. The molecule has 0 amide bonds. The van der Waals surface area contributed by atoms with Gasteiger partial charge in [-0.1, -0.05) is 19.9 Å². The van der Waals surface area contributed by atoms with Gasteiger partial charge in [0, 0.05) is 12.5 Å². The summed E-state index contributed by atoms with van der Waals surface area (Å²) in [6, 6.07) is 4.03. The molecule has 1 unspecified atom stereocenters. The molecule has 0 aliphatic carbocycles. The highest BCUT2D eigenvalue weighted by atomic mass is 32.1. The third-order valence-corrected chi connectivity index (χ3v) is 3.54. The standard InChI is InChI=1S/C12H18N4S/c1-8(2)6-9(7-13)11-14-12(16-15-11)10-4-3-5-17-10/h3-5,8-9H,6-7,13H2,1-2H3,(H,14,15,16). The average molecular weight is 250 g/mol. The Hall–Kier alpha value is -1.20. The molecule has 0 saturated heterocycles. The molecular formula is C12H18N4S. The monoisotopic (exact) mass is 250 g/mol. The first-order valence-corrected chi connectivity index (χ1v) is 6.75. The molecule has 2 aromatic heterocycles. The fraction of sp³-hybridized carbons (Fsp3) is 0.500. The van der Waals surface area contributed by atoms with E-state index < -0.39 is 0 Å². The van der Waals surface area contributed by atoms with Crippen molar-refractivity contribution in [2.24, 2.45) is 11.7 Å². The second-order valence-corrected chi connectivity index (χ2v) is 5.53. The predicted molar refractivity (Wildman–Crippen MR) is 70.9 cm³/mol. The fourth-order valence-electron chi connectivity index (χ4n) is 1.86. The molecule has 4 nitrogen and oxygen atoms in total. The van der Waals surface area contributed by atoms with Crippen LogP contribution in [0.5, 0.6) is 0 Å². The Labute approximate surface area is 105 Å². The van der Waals surface area contributed by atoms with E-state index in [-0.39, 0.29) is 5.92 Å². The van der Waals surface area contributed by atoms with E-state index in [2.05, 4.69) is 29.0 Å². The first-order chi connectivity index (χ1) is 8.20. The van der Waals surface area contributed by atoms with Crippen molar-refractivity contribution in [3.8, 4) is 10.7 Å². The Balaban J connectivity index is 2.16. The zero-order valence-corrected chi connectivity index (χ0v) is 11.0. The summed E-state index contributed by atoms with van der Waals surface area (Å²) in [5.74, 6) is 2.57. The molecule has 2 rings (SSSR count). The van der Waals surface area contributed by atoms with Crippen LogP contribution < -0.4 is 5.73 Å². The van der Waals surface area contributed by atoms with Gasteiger partial charge in [0.2, 0.25) is 0 Å². The highest BCUT2D eigenvalue weighted by Gasteiger charge is 2.16. The number of thiophene rings is 1. The average Bonchev–Trinajstić information content (AvgIpc) is 2.95. The Kier molecular flexibility index (Phi) is 3.91. The first kappa shape index (κ1) is 12.3. The molecular weight excluding hydrogens is 232 g/mol. The summed E-state index contributed by atoms with van der Waals surface area (Å²) in [5, 5.41) is 9.30. The molecule has 0 bridgehead atoms. The van der Waals surface area contributed by atoms with Crippen molar-refractivity contribution in [3.63, 3.8) is 0 Å². The van der Waals surface area contributed by atoms with Gasteiger partial charge in [-0.05, 0) is 23.8 Å². The zero-order chi connectivity index (χ0) is 12.3. The minimum absolute atomic E-state index is 0.274. The number of nitrogens with zero attached hydrogens (tertiary/aromatic N) is 2. The van der Waals surface area contributed by atoms with Crippen molar-refractivity contribution in [1.29, 1.82) is 0 Å². The molecule has 0 fully saturated rings. The number of nitrogens with two attached hydrogens (primary N) is 1. The molecule has 0 spiro atoms. The normalized spacial score (nSPS) is 13.2. The van der Waals surface area contributed by atoms with Crippen LogP contribution in [-0.2, 0) is 0 Å². The van der Waals surface area contributed by atoms with Crippen molar-refractivity contribution in [2.45, 2.75) is 26.2 Å². The number of hydrogen-bond donors (Lipinski definition) is 2. The van der Waals surface area contributed by atoms with Crippen LogP contribution in [0.25, 0.3) is 10.7 Å². The van der Waals surface area contributed by atoms with Gasteiger partial charge in [0.25, 0.3) is 0 Å². The van der Waals surface area contributed by atoms with E-state index in [1.54, 1.807) is 11.3 Å². The van der Waals surface area contributed by atoms with Gasteiger partial charge in [0.15, 0.2) is 5.82 Å². The van der Waals surface area contributed by atoms with Gasteiger partial charge in [0.05, 0.1) is 4.88 Å². The molecule has 1 atom stereocenters. The minimum Gasteiger partial charge on any atom is -0.330 e. The van der Waals surface area contributed by atoms with Gasteiger partial charge in [-0.3, -0.25) is 5.10 Å². The van der Waals surface area contributed by atoms with Crippen LogP contribution in [0.3, 0.4) is 0 Å². The van der Waals surface area contributed by atoms with Crippen LogP contribution in [0.1, 0.15) is 32.0 Å². The van der Waals surface area contributed by atoms with Gasteiger partial charge in [-0.2, -0.15) is 5.10 Å². The maximum atomic E-state index is 5.80. The van der Waals surface area contributed by atoms with Crippen LogP contribution in [0.2, 0.25) is 0 Å². The van der Waals surface area contributed by atoms with Crippen molar-refractivity contribution in [1.82, 2.24) is 15.2 Å². The number of rotatable bonds is 5. The van der Waals surface area contributed by atoms with Crippen molar-refractivity contribution >= 4 is 11.3 Å². The van der Waals surface area contributed by atoms with Crippen LogP contribution in [0.15, 0.2) is 17.5 Å². The Bertz CT molecular complexity index is 447. The summed E-state index contributed by atoms with van der Waals surface area (Å²) in [4.78, 5) is 5.63. The SMILES string of the molecule is CC(C)CC(CN)c1nc(-c2cccs2)n[nH]1. The lowest BCUT2D eigenvalue weighted by Crippen LogP contribution is -2.16. The van der Waals surface area contributed by atoms with Crippen molar-refractivity contribution in [2.75, 3.05) is 6.54 Å². The second-order valence-electron chi connectivity index (χ2n) is 4.58. The number of aromatic nitrogens is 3. The topological polar surface area (TPSA) is 67.6 Å². The summed E-state index contributed by atoms with van der Waals surface area (Å²) in [5.41, 5.74) is 5.80. The third kappa shape index (κ3) is 2.92. The predicted octanol–water partition coefficient (Wildman–Crippen LogP) is 2.62. The summed E-state index contributed by atoms with van der Waals surface area (Å²) < 4.78 is 0. The van der Waals surface area contributed by atoms with E-state index in [4.69, 9.17) is 5.73 Å². The zero-order valence-electron chi connectivity index (χ0n) is 10.2. The maximum absolute atomic E-state index is 5.80. The van der Waals surface area contributed by atoms with Crippen LogP contribution in [-0.4, -0.2) is 21.7 Å². The summed E-state index contributed by atoms with van der Waals surface area (Å²) in [6.07, 6.45) is 1.04. The highest BCUT2D eigenvalue weighted by molar-refractivity contribution is 7.13. The van der Waals surface area contributed by atoms with Gasteiger partial charge in [-0.15, -0.1) is 11.3 Å². The van der Waals surface area contributed by atoms with Crippen LogP contribution >= 0.6 is 11.3 Å². The van der Waals surface area contributed by atoms with E-state index in [9.17, 15) is 0 Å². The van der Waals surface area contributed by atoms with Gasteiger partial charge in [0.1, 0.15) is 5.82 Å². The quantitative estimate of drug-likeness (QED) is 0.857. The molecule has 92 valence electrons. The third-order valence-electron chi connectivity index (χ3n) is 2.67. The second kappa shape index (κ2) is 5.42. The van der Waals surface area contributed by atoms with Gasteiger partial charge in [-0.25, -0.2) is 4.98 Å². The Morgan fingerprint density at radius 1 is 1.47 bits per heavy atom. The lowest BCUT2D eigenvalue weighted by Gasteiger charge is -2.13. The molecule has 5 heteroatoms. The summed E-state index contributed by atoms with van der Waals surface area (Å²) >= 11 is 1.65. The molecule has 0 aliphatic rings. The molecule has 0 aliphatic heterocycles. The van der Waals surface area contributed by atoms with Crippen molar-refractivity contribution in [3.05, 3.63) is 23.3 Å². The lowest BCUT2D eigenvalue weighted by atomic mass is 9.97. The molecule has 17 heavy (non-hydrogen) atoms. The minimum atomic E-state index is 0.274. The molecule has 0 saturated carbocycles. The van der Waals surface area contributed by atoms with E-state index in [0.717, 1.165) is 22.9 Å². The van der Waals surface area contributed by atoms with Gasteiger partial charge < -0.3 is 5.73 Å². The molecule has 0 aromatic carbocycles. The molecule has 3 N–H and O–H groups in total. The number of aromatic amines is 1. The Morgan fingerprint density at radius 3 is 2.88 bits per heavy atom. The van der Waals surface area contributed by atoms with E-state index in [0.29, 0.717) is 12.5 Å². The summed E-state index contributed by atoms with van der Waals surface area (Å²) in [6.45, 7) is 5.00. The first-order valence-electron chi connectivity index (χ1n) is 5.87. The van der Waals surface area contributed by atoms with E-state index in [1.807, 2.05) is 17.5 Å². The number of hydrogen-bond acceptors (Lipinski definition) is 4. The molecule has 2 heterocycles. The van der Waals surface area contributed by atoms with Crippen LogP contribution in [0.4, 0.5) is 0 Å². The van der Waals surface area contributed by atoms with Crippen molar-refractivity contribution < 1.29 is 0 Å². The largest absolute Gasteiger partial charge is 0.330 e. The maximum Gasteiger partial charge on any atom is 0.191 e. The number of H-pyrrole nitrogens is 1. The van der Waals surface area contributed by atoms with E-state index >= 15 is 0 Å². The van der Waals surface area contributed by atoms with E-state index in [1.165, 1.54) is 0 Å². The summed E-state index contributed by atoms with van der Waals surface area (Å²) in [7, 11) is 0. The Morgan fingerprint density at radius 2 is 2.29 bits per heavy atom. The van der Waals surface area contributed by atoms with Crippen LogP contribution in [0, 0.1) is 5.92 Å². The molecule has 0 radical (unpaired) electrons. The smallest absolute Gasteiger partial charge is 0.191 e. The van der Waals surface area contributed by atoms with Gasteiger partial charge >= 0.3 is 0 Å².